The summed E-state index contributed by atoms with van der Waals surface area (Å²) in [7, 11) is 0. The third-order valence-corrected chi connectivity index (χ3v) is 2.49. The van der Waals surface area contributed by atoms with Crippen molar-refractivity contribution in [3.63, 3.8) is 0 Å². The summed E-state index contributed by atoms with van der Waals surface area (Å²) in [6.45, 7) is 4.52. The second-order valence-electron chi connectivity index (χ2n) is 3.72. The molecule has 0 heterocycles. The molecule has 0 radical (unpaired) electrons. The van der Waals surface area contributed by atoms with E-state index in [2.05, 4.69) is 11.9 Å². The van der Waals surface area contributed by atoms with Crippen molar-refractivity contribution in [1.82, 2.24) is 0 Å². The second-order valence-corrected chi connectivity index (χ2v) is 4.16. The third kappa shape index (κ3) is 5.17. The Morgan fingerprint density at radius 2 is 2.06 bits per heavy atom. The number of hydrogen-bond donors (Lipinski definition) is 1. The van der Waals surface area contributed by atoms with E-state index in [1.165, 1.54) is 12.1 Å². The second kappa shape index (κ2) is 7.29. The number of anilines is 1. The summed E-state index contributed by atoms with van der Waals surface area (Å²) < 4.78 is 13.0. The van der Waals surface area contributed by atoms with Gasteiger partial charge in [-0.25, -0.2) is 4.39 Å². The minimum atomic E-state index is -0.304. The van der Waals surface area contributed by atoms with Crippen molar-refractivity contribution < 1.29 is 4.39 Å². The van der Waals surface area contributed by atoms with Gasteiger partial charge in [0, 0.05) is 17.3 Å². The molecule has 16 heavy (non-hydrogen) atoms. The maximum absolute atomic E-state index is 13.0. The van der Waals surface area contributed by atoms with Crippen LogP contribution in [0.1, 0.15) is 25.7 Å². The average Bonchev–Trinajstić information content (AvgIpc) is 2.22. The first kappa shape index (κ1) is 13.0. The number of rotatable bonds is 7. The minimum Gasteiger partial charge on any atom is -0.385 e. The molecule has 0 saturated carbocycles. The molecular formula is C13H17ClFN. The van der Waals surface area contributed by atoms with Gasteiger partial charge in [0.15, 0.2) is 0 Å². The Labute approximate surface area is 101 Å². The van der Waals surface area contributed by atoms with Crippen LogP contribution in [0.15, 0.2) is 30.9 Å². The van der Waals surface area contributed by atoms with Gasteiger partial charge in [0.05, 0.1) is 0 Å². The normalized spacial score (nSPS) is 10.1. The molecule has 88 valence electrons. The fourth-order valence-corrected chi connectivity index (χ4v) is 1.70. The van der Waals surface area contributed by atoms with Crippen molar-refractivity contribution in [2.24, 2.45) is 0 Å². The van der Waals surface area contributed by atoms with Crippen LogP contribution in [0.3, 0.4) is 0 Å². The van der Waals surface area contributed by atoms with E-state index in [-0.39, 0.29) is 5.82 Å². The van der Waals surface area contributed by atoms with Crippen LogP contribution >= 0.6 is 11.6 Å². The van der Waals surface area contributed by atoms with Crippen LogP contribution < -0.4 is 5.32 Å². The molecule has 0 aliphatic carbocycles. The Hall–Kier alpha value is -1.02. The molecule has 0 fully saturated rings. The Balaban J connectivity index is 2.23. The van der Waals surface area contributed by atoms with E-state index in [1.54, 1.807) is 6.07 Å². The molecule has 1 rings (SSSR count). The summed E-state index contributed by atoms with van der Waals surface area (Å²) in [5.74, 6) is -0.304. The third-order valence-electron chi connectivity index (χ3n) is 2.28. The highest BCUT2D eigenvalue weighted by molar-refractivity contribution is 6.30. The number of allylic oxidation sites excluding steroid dienone is 1. The maximum Gasteiger partial charge on any atom is 0.126 e. The van der Waals surface area contributed by atoms with E-state index in [4.69, 9.17) is 11.6 Å². The van der Waals surface area contributed by atoms with Crippen LogP contribution in [0.5, 0.6) is 0 Å². The fraction of sp³-hybridized carbons (Fsp3) is 0.385. The molecule has 1 nitrogen and oxygen atoms in total. The number of nitrogens with one attached hydrogen (secondary N) is 1. The SMILES string of the molecule is C=CCCCCCNc1cc(F)cc(Cl)c1. The Morgan fingerprint density at radius 3 is 2.75 bits per heavy atom. The summed E-state index contributed by atoms with van der Waals surface area (Å²) in [4.78, 5) is 0. The molecule has 1 aromatic rings. The van der Waals surface area contributed by atoms with Crippen LogP contribution in [-0.4, -0.2) is 6.54 Å². The molecule has 0 aliphatic heterocycles. The number of hydrogen-bond acceptors (Lipinski definition) is 1. The molecule has 1 aromatic carbocycles. The minimum absolute atomic E-state index is 0.304. The van der Waals surface area contributed by atoms with E-state index in [1.807, 2.05) is 6.08 Å². The van der Waals surface area contributed by atoms with Gasteiger partial charge in [-0.1, -0.05) is 24.1 Å². The Bertz CT molecular complexity index is 318. The highest BCUT2D eigenvalue weighted by Crippen LogP contribution is 2.18. The molecule has 0 bridgehead atoms. The van der Waals surface area contributed by atoms with Crippen LogP contribution in [0.2, 0.25) is 5.02 Å². The smallest absolute Gasteiger partial charge is 0.126 e. The first-order valence-electron chi connectivity index (χ1n) is 5.53. The molecule has 0 spiro atoms. The number of unbranched alkanes of at least 4 members (excludes halogenated alkanes) is 3. The summed E-state index contributed by atoms with van der Waals surface area (Å²) in [5, 5.41) is 3.58. The van der Waals surface area contributed by atoms with E-state index >= 15 is 0 Å². The zero-order valence-corrected chi connectivity index (χ0v) is 10.1. The highest BCUT2D eigenvalue weighted by Gasteiger charge is 1.98. The molecule has 0 unspecified atom stereocenters. The Kier molecular flexibility index (Phi) is 5.94. The van der Waals surface area contributed by atoms with Gasteiger partial charge in [0.2, 0.25) is 0 Å². The van der Waals surface area contributed by atoms with E-state index < -0.39 is 0 Å². The van der Waals surface area contributed by atoms with Crippen molar-refractivity contribution in [2.75, 3.05) is 11.9 Å². The summed E-state index contributed by atoms with van der Waals surface area (Å²) >= 11 is 5.74. The van der Waals surface area contributed by atoms with Gasteiger partial charge in [-0.15, -0.1) is 6.58 Å². The van der Waals surface area contributed by atoms with Gasteiger partial charge in [-0.2, -0.15) is 0 Å². The number of halogens is 2. The van der Waals surface area contributed by atoms with E-state index in [0.717, 1.165) is 37.9 Å². The van der Waals surface area contributed by atoms with Crippen molar-refractivity contribution in [2.45, 2.75) is 25.7 Å². The van der Waals surface area contributed by atoms with E-state index in [0.29, 0.717) is 5.02 Å². The predicted molar refractivity (Wildman–Crippen MR) is 68.6 cm³/mol. The largest absolute Gasteiger partial charge is 0.385 e. The number of benzene rings is 1. The fourth-order valence-electron chi connectivity index (χ4n) is 1.48. The average molecular weight is 242 g/mol. The van der Waals surface area contributed by atoms with Gasteiger partial charge in [-0.05, 0) is 37.5 Å². The molecule has 0 aliphatic rings. The molecule has 3 heteroatoms. The highest BCUT2D eigenvalue weighted by atomic mass is 35.5. The molecular weight excluding hydrogens is 225 g/mol. The molecule has 0 amide bonds. The zero-order valence-electron chi connectivity index (χ0n) is 9.31. The lowest BCUT2D eigenvalue weighted by Crippen LogP contribution is -2.01. The van der Waals surface area contributed by atoms with E-state index in [9.17, 15) is 4.39 Å². The Morgan fingerprint density at radius 1 is 1.25 bits per heavy atom. The van der Waals surface area contributed by atoms with Gasteiger partial charge < -0.3 is 5.32 Å². The van der Waals surface area contributed by atoms with Crippen LogP contribution in [0.4, 0.5) is 10.1 Å². The topological polar surface area (TPSA) is 12.0 Å². The summed E-state index contributed by atoms with van der Waals surface area (Å²) in [6.07, 6.45) is 6.38. The molecule has 0 atom stereocenters. The first-order chi connectivity index (χ1) is 7.72. The lowest BCUT2D eigenvalue weighted by atomic mass is 10.2. The zero-order chi connectivity index (χ0) is 11.8. The predicted octanol–water partition coefficient (Wildman–Crippen LogP) is 4.64. The van der Waals surface area contributed by atoms with Crippen molar-refractivity contribution in [3.05, 3.63) is 41.7 Å². The van der Waals surface area contributed by atoms with Crippen molar-refractivity contribution in [3.8, 4) is 0 Å². The monoisotopic (exact) mass is 241 g/mol. The van der Waals surface area contributed by atoms with Crippen molar-refractivity contribution in [1.29, 1.82) is 0 Å². The van der Waals surface area contributed by atoms with Crippen LogP contribution in [0, 0.1) is 5.82 Å². The summed E-state index contributed by atoms with van der Waals surface area (Å²) in [6, 6.07) is 4.49. The van der Waals surface area contributed by atoms with Crippen molar-refractivity contribution >= 4 is 17.3 Å². The lowest BCUT2D eigenvalue weighted by Gasteiger charge is -2.06. The maximum atomic E-state index is 13.0. The van der Waals surface area contributed by atoms with Gasteiger partial charge in [0.1, 0.15) is 5.82 Å². The molecule has 1 N–H and O–H groups in total. The van der Waals surface area contributed by atoms with Crippen LogP contribution in [-0.2, 0) is 0 Å². The van der Waals surface area contributed by atoms with Crippen LogP contribution in [0.25, 0.3) is 0 Å². The standard InChI is InChI=1S/C13H17ClFN/c1-2-3-4-5-6-7-16-13-9-11(14)8-12(15)10-13/h2,8-10,16H,1,3-7H2. The quantitative estimate of drug-likeness (QED) is 0.542. The molecule has 0 aromatic heterocycles. The van der Waals surface area contributed by atoms with Gasteiger partial charge in [-0.3, -0.25) is 0 Å². The first-order valence-corrected chi connectivity index (χ1v) is 5.91. The lowest BCUT2D eigenvalue weighted by molar-refractivity contribution is 0.628. The summed E-state index contributed by atoms with van der Waals surface area (Å²) in [5.41, 5.74) is 0.744. The van der Waals surface area contributed by atoms with Gasteiger partial charge in [0.25, 0.3) is 0 Å². The molecule has 0 saturated heterocycles. The van der Waals surface area contributed by atoms with Gasteiger partial charge >= 0.3 is 0 Å².